The van der Waals surface area contributed by atoms with Crippen LogP contribution in [-0.2, 0) is 0 Å². The second kappa shape index (κ2) is 8.13. The number of nitrogens with zero attached hydrogens (tertiary/aromatic N) is 1. The highest BCUT2D eigenvalue weighted by molar-refractivity contribution is 6.02. The van der Waals surface area contributed by atoms with Crippen molar-refractivity contribution in [3.8, 4) is 17.0 Å². The number of ether oxygens (including phenoxy) is 1. The van der Waals surface area contributed by atoms with Crippen LogP contribution in [-0.4, -0.2) is 28.6 Å². The number of aromatic nitrogens is 2. The Hall–Kier alpha value is -3.68. The molecule has 3 N–H and O–H groups in total. The summed E-state index contributed by atoms with van der Waals surface area (Å²) in [5, 5.41) is 6.55. The van der Waals surface area contributed by atoms with Gasteiger partial charge in [0.25, 0.3) is 11.8 Å². The van der Waals surface area contributed by atoms with Gasteiger partial charge in [-0.15, -0.1) is 0 Å². The van der Waals surface area contributed by atoms with Crippen molar-refractivity contribution in [1.82, 2.24) is 21.0 Å². The number of amides is 2. The molecule has 0 spiro atoms. The van der Waals surface area contributed by atoms with Gasteiger partial charge in [-0.25, -0.2) is 4.39 Å². The first-order valence-corrected chi connectivity index (χ1v) is 8.21. The molecule has 2 aromatic carbocycles. The summed E-state index contributed by atoms with van der Waals surface area (Å²) < 4.78 is 18.4. The van der Waals surface area contributed by atoms with Gasteiger partial charge in [0, 0.05) is 11.1 Å². The zero-order chi connectivity index (χ0) is 19.2. The van der Waals surface area contributed by atoms with E-state index in [1.165, 1.54) is 30.5 Å². The third-order valence-corrected chi connectivity index (χ3v) is 3.73. The Bertz CT molecular complexity index is 936. The quantitative estimate of drug-likeness (QED) is 0.603. The normalized spacial score (nSPS) is 10.3. The molecule has 0 aliphatic heterocycles. The van der Waals surface area contributed by atoms with E-state index in [-0.39, 0.29) is 11.4 Å². The summed E-state index contributed by atoms with van der Waals surface area (Å²) in [6, 6.07) is 12.1. The molecular weight excluding hydrogens is 351 g/mol. The number of H-pyrrole nitrogens is 1. The molecule has 0 aliphatic rings. The number of rotatable bonds is 5. The Kier molecular flexibility index (Phi) is 5.46. The van der Waals surface area contributed by atoms with Crippen molar-refractivity contribution in [3.63, 3.8) is 0 Å². The van der Waals surface area contributed by atoms with E-state index in [4.69, 9.17) is 4.74 Å². The number of carbonyl (C=O) groups is 2. The van der Waals surface area contributed by atoms with Crippen LogP contribution < -0.4 is 15.6 Å². The molecule has 3 aromatic rings. The first kappa shape index (κ1) is 18.1. The predicted octanol–water partition coefficient (Wildman–Crippen LogP) is 2.69. The average Bonchev–Trinajstić information content (AvgIpc) is 3.17. The predicted molar refractivity (Wildman–Crippen MR) is 96.5 cm³/mol. The largest absolute Gasteiger partial charge is 0.494 e. The molecule has 0 unspecified atom stereocenters. The van der Waals surface area contributed by atoms with E-state index < -0.39 is 11.8 Å². The molecule has 1 aromatic heterocycles. The summed E-state index contributed by atoms with van der Waals surface area (Å²) in [5.41, 5.74) is 6.28. The lowest BCUT2D eigenvalue weighted by atomic mass is 10.1. The molecule has 0 saturated carbocycles. The first-order valence-electron chi connectivity index (χ1n) is 8.21. The minimum atomic E-state index is -0.553. The van der Waals surface area contributed by atoms with Gasteiger partial charge in [-0.3, -0.25) is 25.5 Å². The van der Waals surface area contributed by atoms with Gasteiger partial charge >= 0.3 is 0 Å². The Morgan fingerprint density at radius 3 is 2.37 bits per heavy atom. The standard InChI is InChI=1S/C19H17FN4O3/c1-2-27-15-9-5-13(6-10-15)18(25)23-24-19(26)16-11-21-22-17(16)12-3-7-14(20)8-4-12/h3-11H,2H2,1H3,(H,21,22)(H,23,25)(H,24,26). The van der Waals surface area contributed by atoms with Crippen molar-refractivity contribution >= 4 is 11.8 Å². The van der Waals surface area contributed by atoms with E-state index in [9.17, 15) is 14.0 Å². The number of hydrogen-bond donors (Lipinski definition) is 3. The molecule has 27 heavy (non-hydrogen) atoms. The molecule has 0 aliphatic carbocycles. The number of halogens is 1. The highest BCUT2D eigenvalue weighted by atomic mass is 19.1. The summed E-state index contributed by atoms with van der Waals surface area (Å²) >= 11 is 0. The van der Waals surface area contributed by atoms with Crippen LogP contribution >= 0.6 is 0 Å². The summed E-state index contributed by atoms with van der Waals surface area (Å²) in [6.07, 6.45) is 1.33. The maximum absolute atomic E-state index is 13.1. The molecule has 0 radical (unpaired) electrons. The van der Waals surface area contributed by atoms with Crippen LogP contribution in [0.25, 0.3) is 11.3 Å². The highest BCUT2D eigenvalue weighted by Gasteiger charge is 2.16. The number of nitrogens with one attached hydrogen (secondary N) is 3. The smallest absolute Gasteiger partial charge is 0.273 e. The van der Waals surface area contributed by atoms with E-state index in [0.29, 0.717) is 29.2 Å². The third-order valence-electron chi connectivity index (χ3n) is 3.73. The zero-order valence-electron chi connectivity index (χ0n) is 14.5. The van der Waals surface area contributed by atoms with Crippen LogP contribution in [0.1, 0.15) is 27.6 Å². The maximum atomic E-state index is 13.1. The van der Waals surface area contributed by atoms with Gasteiger partial charge in [-0.05, 0) is 55.5 Å². The fourth-order valence-corrected chi connectivity index (χ4v) is 2.42. The van der Waals surface area contributed by atoms with Gasteiger partial charge in [0.05, 0.1) is 24.1 Å². The summed E-state index contributed by atoms with van der Waals surface area (Å²) in [4.78, 5) is 24.5. The number of hydrazine groups is 1. The van der Waals surface area contributed by atoms with Gasteiger partial charge < -0.3 is 4.74 Å². The Labute approximate surface area is 154 Å². The van der Waals surface area contributed by atoms with E-state index in [1.807, 2.05) is 6.92 Å². The lowest BCUT2D eigenvalue weighted by Gasteiger charge is -2.08. The first-order chi connectivity index (χ1) is 13.1. The fourth-order valence-electron chi connectivity index (χ4n) is 2.42. The van der Waals surface area contributed by atoms with Crippen molar-refractivity contribution in [2.75, 3.05) is 6.61 Å². The topological polar surface area (TPSA) is 96.1 Å². The fraction of sp³-hybridized carbons (Fsp3) is 0.105. The van der Waals surface area contributed by atoms with Crippen LogP contribution in [0.15, 0.2) is 54.7 Å². The van der Waals surface area contributed by atoms with Gasteiger partial charge in [0.15, 0.2) is 0 Å². The van der Waals surface area contributed by atoms with Crippen molar-refractivity contribution in [1.29, 1.82) is 0 Å². The molecule has 3 rings (SSSR count). The van der Waals surface area contributed by atoms with Gasteiger partial charge in [-0.2, -0.15) is 5.10 Å². The van der Waals surface area contributed by atoms with Crippen molar-refractivity contribution in [2.24, 2.45) is 0 Å². The Morgan fingerprint density at radius 1 is 1.04 bits per heavy atom. The number of carbonyl (C=O) groups excluding carboxylic acids is 2. The maximum Gasteiger partial charge on any atom is 0.273 e. The molecular formula is C19H17FN4O3. The molecule has 0 atom stereocenters. The van der Waals surface area contributed by atoms with Crippen LogP contribution in [0.4, 0.5) is 4.39 Å². The van der Waals surface area contributed by atoms with Crippen LogP contribution in [0, 0.1) is 5.82 Å². The SMILES string of the molecule is CCOc1ccc(C(=O)NNC(=O)c2cn[nH]c2-c2ccc(F)cc2)cc1. The van der Waals surface area contributed by atoms with E-state index in [1.54, 1.807) is 24.3 Å². The molecule has 138 valence electrons. The minimum absolute atomic E-state index is 0.216. The lowest BCUT2D eigenvalue weighted by molar-refractivity contribution is 0.0847. The number of hydrogen-bond acceptors (Lipinski definition) is 4. The Balaban J connectivity index is 1.65. The van der Waals surface area contributed by atoms with Crippen molar-refractivity contribution in [3.05, 3.63) is 71.7 Å². The van der Waals surface area contributed by atoms with Crippen LogP contribution in [0.5, 0.6) is 5.75 Å². The molecule has 0 saturated heterocycles. The van der Waals surface area contributed by atoms with Crippen LogP contribution in [0.2, 0.25) is 0 Å². The zero-order valence-corrected chi connectivity index (χ0v) is 14.5. The van der Waals surface area contributed by atoms with Gasteiger partial charge in [-0.1, -0.05) is 0 Å². The van der Waals surface area contributed by atoms with Gasteiger partial charge in [0.2, 0.25) is 0 Å². The molecule has 0 fully saturated rings. The van der Waals surface area contributed by atoms with Crippen molar-refractivity contribution < 1.29 is 18.7 Å². The second-order valence-electron chi connectivity index (χ2n) is 5.53. The number of aromatic amines is 1. The average molecular weight is 368 g/mol. The summed E-state index contributed by atoms with van der Waals surface area (Å²) in [7, 11) is 0. The van der Waals surface area contributed by atoms with E-state index >= 15 is 0 Å². The van der Waals surface area contributed by atoms with Crippen molar-refractivity contribution in [2.45, 2.75) is 6.92 Å². The number of benzene rings is 2. The molecule has 7 nitrogen and oxygen atoms in total. The second-order valence-corrected chi connectivity index (χ2v) is 5.53. The van der Waals surface area contributed by atoms with E-state index in [0.717, 1.165) is 0 Å². The monoisotopic (exact) mass is 368 g/mol. The minimum Gasteiger partial charge on any atom is -0.494 e. The lowest BCUT2D eigenvalue weighted by Crippen LogP contribution is -2.41. The van der Waals surface area contributed by atoms with E-state index in [2.05, 4.69) is 21.0 Å². The molecule has 2 amide bonds. The summed E-state index contributed by atoms with van der Waals surface area (Å²) in [6.45, 7) is 2.40. The van der Waals surface area contributed by atoms with Crippen LogP contribution in [0.3, 0.4) is 0 Å². The highest BCUT2D eigenvalue weighted by Crippen LogP contribution is 2.21. The molecule has 0 bridgehead atoms. The Morgan fingerprint density at radius 2 is 1.70 bits per heavy atom. The molecule has 1 heterocycles. The molecule has 8 heteroatoms. The third kappa shape index (κ3) is 4.30. The van der Waals surface area contributed by atoms with Gasteiger partial charge in [0.1, 0.15) is 11.6 Å². The summed E-state index contributed by atoms with van der Waals surface area (Å²) in [5.74, 6) is -0.757.